The molecule has 0 spiro atoms. The van der Waals surface area contributed by atoms with Crippen LogP contribution in [0.3, 0.4) is 0 Å². The summed E-state index contributed by atoms with van der Waals surface area (Å²) in [5.74, 6) is -0.391. The number of esters is 1. The van der Waals surface area contributed by atoms with Gasteiger partial charge in [0, 0.05) is 4.90 Å². The van der Waals surface area contributed by atoms with Crippen LogP contribution in [0.1, 0.15) is 11.1 Å². The fourth-order valence-corrected chi connectivity index (χ4v) is 5.08. The van der Waals surface area contributed by atoms with Crippen molar-refractivity contribution in [2.45, 2.75) is 48.0 Å². The highest BCUT2D eigenvalue weighted by molar-refractivity contribution is 7.99. The van der Waals surface area contributed by atoms with Gasteiger partial charge in [-0.1, -0.05) is 90.6 Å². The zero-order chi connectivity index (χ0) is 21.8. The lowest BCUT2D eigenvalue weighted by atomic mass is 10.0. The Labute approximate surface area is 191 Å². The van der Waals surface area contributed by atoms with Crippen molar-refractivity contribution in [3.8, 4) is 0 Å². The summed E-state index contributed by atoms with van der Waals surface area (Å²) in [5.41, 5.74) is 1.69. The zero-order valence-corrected chi connectivity index (χ0v) is 18.2. The predicted octanol–water partition coefficient (Wildman–Crippen LogP) is 4.60. The maximum Gasteiger partial charge on any atom is 0.338 e. The van der Waals surface area contributed by atoms with Crippen LogP contribution in [0.5, 0.6) is 0 Å². The molecule has 5 atom stereocenters. The van der Waals surface area contributed by atoms with Crippen LogP contribution in [-0.4, -0.2) is 35.8 Å². The lowest BCUT2D eigenvalue weighted by molar-refractivity contribution is -0.182. The van der Waals surface area contributed by atoms with Crippen LogP contribution < -0.4 is 0 Å². The molecule has 0 saturated carbocycles. The van der Waals surface area contributed by atoms with E-state index in [-0.39, 0.29) is 5.44 Å². The number of carbonyl (C=O) groups is 1. The highest BCUT2D eigenvalue weighted by Gasteiger charge is 2.58. The van der Waals surface area contributed by atoms with Gasteiger partial charge in [-0.05, 0) is 23.3 Å². The molecule has 0 unspecified atom stereocenters. The minimum absolute atomic E-state index is 0.375. The molecule has 2 saturated heterocycles. The Hall–Kier alpha value is -2.64. The molecule has 0 aromatic heterocycles. The molecule has 5 nitrogen and oxygen atoms in total. The van der Waals surface area contributed by atoms with Crippen molar-refractivity contribution in [3.63, 3.8) is 0 Å². The first-order valence-corrected chi connectivity index (χ1v) is 11.5. The maximum absolute atomic E-state index is 12.6. The van der Waals surface area contributed by atoms with Crippen LogP contribution in [0.15, 0.2) is 95.9 Å². The van der Waals surface area contributed by atoms with Crippen molar-refractivity contribution in [2.75, 3.05) is 0 Å². The summed E-state index contributed by atoms with van der Waals surface area (Å²) >= 11 is 1.54. The van der Waals surface area contributed by atoms with Crippen LogP contribution in [0, 0.1) is 0 Å². The van der Waals surface area contributed by atoms with Gasteiger partial charge in [0.05, 0.1) is 13.2 Å². The molecule has 6 heteroatoms. The molecule has 0 N–H and O–H groups in total. The molecule has 2 aliphatic heterocycles. The summed E-state index contributed by atoms with van der Waals surface area (Å²) in [5, 5.41) is 0. The SMILES string of the molecule is O=C1O[C@@H]2[C@@H](OCc3ccccc3)[C@H](Sc3ccccc3)O[C@H]1[C@H]2OCc1ccccc1. The standard InChI is InChI=1S/C26H24O5S/c27-25-23-21(28-16-18-10-4-1-5-11-18)22(30-25)24(29-17-19-12-6-2-7-13-19)26(31-23)32-20-14-8-3-9-15-20/h1-15,21-24,26H,16-17H2/t21-,22-,23-,24+,26-/m0/s1. The van der Waals surface area contributed by atoms with Gasteiger partial charge >= 0.3 is 5.97 Å². The number of hydrogen-bond donors (Lipinski definition) is 0. The van der Waals surface area contributed by atoms with Crippen LogP contribution in [0.2, 0.25) is 0 Å². The fraction of sp³-hybridized carbons (Fsp3) is 0.269. The second-order valence-electron chi connectivity index (χ2n) is 7.78. The third kappa shape index (κ3) is 4.74. The number of thioether (sulfide) groups is 1. The summed E-state index contributed by atoms with van der Waals surface area (Å²) in [6.07, 6.45) is -2.28. The van der Waals surface area contributed by atoms with Gasteiger partial charge in [0.1, 0.15) is 17.6 Å². The lowest BCUT2D eigenvalue weighted by Crippen LogP contribution is -2.54. The van der Waals surface area contributed by atoms with E-state index in [1.54, 1.807) is 0 Å². The first-order valence-electron chi connectivity index (χ1n) is 10.7. The van der Waals surface area contributed by atoms with Crippen LogP contribution in [-0.2, 0) is 37.0 Å². The molecular weight excluding hydrogens is 424 g/mol. The van der Waals surface area contributed by atoms with E-state index in [4.69, 9.17) is 18.9 Å². The number of hydrogen-bond acceptors (Lipinski definition) is 6. The van der Waals surface area contributed by atoms with Gasteiger partial charge in [-0.2, -0.15) is 0 Å². The lowest BCUT2D eigenvalue weighted by Gasteiger charge is -2.38. The van der Waals surface area contributed by atoms with Crippen molar-refractivity contribution < 1.29 is 23.7 Å². The molecule has 2 heterocycles. The number of fused-ring (bicyclic) bond motifs is 2. The van der Waals surface area contributed by atoms with Gasteiger partial charge in [0.2, 0.25) is 0 Å². The second-order valence-corrected chi connectivity index (χ2v) is 8.95. The second kappa shape index (κ2) is 9.88. The summed E-state index contributed by atoms with van der Waals surface area (Å²) in [7, 11) is 0. The number of rotatable bonds is 8. The average Bonchev–Trinajstić information content (AvgIpc) is 3.07. The van der Waals surface area contributed by atoms with Gasteiger partial charge in [-0.15, -0.1) is 0 Å². The molecule has 3 aromatic carbocycles. The molecule has 2 fully saturated rings. The van der Waals surface area contributed by atoms with Crippen LogP contribution >= 0.6 is 11.8 Å². The largest absolute Gasteiger partial charge is 0.455 e. The van der Waals surface area contributed by atoms with Crippen molar-refractivity contribution in [2.24, 2.45) is 0 Å². The smallest absolute Gasteiger partial charge is 0.338 e. The van der Waals surface area contributed by atoms with E-state index in [9.17, 15) is 4.79 Å². The van der Waals surface area contributed by atoms with Crippen LogP contribution in [0.25, 0.3) is 0 Å². The number of benzene rings is 3. The highest BCUT2D eigenvalue weighted by atomic mass is 32.2. The maximum atomic E-state index is 12.6. The van der Waals surface area contributed by atoms with Crippen molar-refractivity contribution in [1.82, 2.24) is 0 Å². The Morgan fingerprint density at radius 1 is 0.719 bits per heavy atom. The quantitative estimate of drug-likeness (QED) is 0.470. The normalized spacial score (nSPS) is 26.6. The fourth-order valence-electron chi connectivity index (χ4n) is 3.96. The van der Waals surface area contributed by atoms with Gasteiger partial charge in [0.15, 0.2) is 12.2 Å². The highest BCUT2D eigenvalue weighted by Crippen LogP contribution is 2.41. The van der Waals surface area contributed by atoms with Crippen molar-refractivity contribution >= 4 is 17.7 Å². The zero-order valence-electron chi connectivity index (χ0n) is 17.4. The van der Waals surface area contributed by atoms with Gasteiger partial charge in [0.25, 0.3) is 0 Å². The molecule has 3 aromatic rings. The van der Waals surface area contributed by atoms with Gasteiger partial charge in [-0.25, -0.2) is 4.79 Å². The third-order valence-electron chi connectivity index (χ3n) is 5.55. The number of ether oxygens (including phenoxy) is 4. The molecule has 0 radical (unpaired) electrons. The van der Waals surface area contributed by atoms with Gasteiger partial charge < -0.3 is 18.9 Å². The summed E-state index contributed by atoms with van der Waals surface area (Å²) in [4.78, 5) is 13.6. The van der Waals surface area contributed by atoms with E-state index >= 15 is 0 Å². The Kier molecular flexibility index (Phi) is 6.55. The Morgan fingerprint density at radius 2 is 1.25 bits per heavy atom. The Morgan fingerprint density at radius 3 is 1.84 bits per heavy atom. The predicted molar refractivity (Wildman–Crippen MR) is 121 cm³/mol. The van der Waals surface area contributed by atoms with Crippen molar-refractivity contribution in [3.05, 3.63) is 102 Å². The summed E-state index contributed by atoms with van der Waals surface area (Å²) in [6, 6.07) is 29.8. The average molecular weight is 449 g/mol. The number of carbonyl (C=O) groups excluding carboxylic acids is 1. The van der Waals surface area contributed by atoms with E-state index in [0.29, 0.717) is 13.2 Å². The monoisotopic (exact) mass is 448 g/mol. The van der Waals surface area contributed by atoms with E-state index in [1.165, 1.54) is 11.8 Å². The van der Waals surface area contributed by atoms with Gasteiger partial charge in [-0.3, -0.25) is 0 Å². The molecule has 0 amide bonds. The molecule has 164 valence electrons. The molecule has 5 rings (SSSR count). The Balaban J connectivity index is 1.35. The van der Waals surface area contributed by atoms with E-state index in [0.717, 1.165) is 16.0 Å². The summed E-state index contributed by atoms with van der Waals surface area (Å²) < 4.78 is 24.4. The summed E-state index contributed by atoms with van der Waals surface area (Å²) in [6.45, 7) is 0.769. The molecule has 32 heavy (non-hydrogen) atoms. The van der Waals surface area contributed by atoms with E-state index in [2.05, 4.69) is 0 Å². The molecule has 2 aliphatic rings. The topological polar surface area (TPSA) is 54.0 Å². The van der Waals surface area contributed by atoms with Crippen LogP contribution in [0.4, 0.5) is 0 Å². The van der Waals surface area contributed by atoms with Crippen molar-refractivity contribution in [1.29, 1.82) is 0 Å². The molecule has 2 bridgehead atoms. The molecular formula is C26H24O5S. The van der Waals surface area contributed by atoms with E-state index < -0.39 is 30.4 Å². The third-order valence-corrected chi connectivity index (χ3v) is 6.70. The minimum Gasteiger partial charge on any atom is -0.455 e. The first kappa shape index (κ1) is 21.2. The minimum atomic E-state index is -0.763. The molecule has 0 aliphatic carbocycles. The Bertz CT molecular complexity index is 1010. The van der Waals surface area contributed by atoms with E-state index in [1.807, 2.05) is 91.0 Å². The first-order chi connectivity index (χ1) is 15.8.